The molecule has 0 aliphatic heterocycles. The molecule has 2 nitrogen and oxygen atoms in total. The summed E-state index contributed by atoms with van der Waals surface area (Å²) in [6.07, 6.45) is 0. The number of benzene rings is 1. The maximum atomic E-state index is 9.15. The number of nitriles is 1. The zero-order chi connectivity index (χ0) is 12.5. The highest BCUT2D eigenvalue weighted by atomic mass is 15.2. The molecule has 0 heterocycles. The van der Waals surface area contributed by atoms with Crippen LogP contribution in [0, 0.1) is 32.1 Å². The Hall–Kier alpha value is -1.49. The van der Waals surface area contributed by atoms with Gasteiger partial charge in [-0.15, -0.1) is 0 Å². The Morgan fingerprint density at radius 2 is 1.56 bits per heavy atom. The fourth-order valence-corrected chi connectivity index (χ4v) is 1.68. The molecule has 0 saturated heterocycles. The lowest BCUT2D eigenvalue weighted by Gasteiger charge is -2.33. The average Bonchev–Trinajstić information content (AvgIpc) is 2.22. The molecule has 1 aromatic rings. The molecule has 16 heavy (non-hydrogen) atoms. The molecule has 0 amide bonds. The summed E-state index contributed by atoms with van der Waals surface area (Å²) in [4.78, 5) is 2.04. The van der Waals surface area contributed by atoms with E-state index in [1.54, 1.807) is 0 Å². The van der Waals surface area contributed by atoms with E-state index in [4.69, 9.17) is 5.26 Å². The lowest BCUT2D eigenvalue weighted by Crippen LogP contribution is -2.40. The Balaban J connectivity index is 3.25. The summed E-state index contributed by atoms with van der Waals surface area (Å²) in [6.45, 7) is 10.2. The van der Waals surface area contributed by atoms with Crippen molar-refractivity contribution in [2.45, 2.75) is 40.2 Å². The van der Waals surface area contributed by atoms with Gasteiger partial charge >= 0.3 is 0 Å². The summed E-state index contributed by atoms with van der Waals surface area (Å²) in [6, 6.07) is 6.66. The van der Waals surface area contributed by atoms with Crippen molar-refractivity contribution in [1.82, 2.24) is 0 Å². The molecule has 1 rings (SSSR count). The summed E-state index contributed by atoms with van der Waals surface area (Å²) in [5.41, 5.74) is 4.43. The first-order valence-corrected chi connectivity index (χ1v) is 5.52. The summed E-state index contributed by atoms with van der Waals surface area (Å²) >= 11 is 0. The number of anilines is 1. The van der Waals surface area contributed by atoms with Crippen LogP contribution in [0.3, 0.4) is 0 Å². The van der Waals surface area contributed by atoms with Crippen LogP contribution in [-0.4, -0.2) is 12.6 Å². The van der Waals surface area contributed by atoms with Gasteiger partial charge in [0.25, 0.3) is 0 Å². The van der Waals surface area contributed by atoms with Gasteiger partial charge in [-0.1, -0.05) is 6.07 Å². The monoisotopic (exact) mass is 216 g/mol. The van der Waals surface area contributed by atoms with E-state index in [0.717, 1.165) is 5.69 Å². The molecule has 0 saturated carbocycles. The smallest absolute Gasteiger partial charge is 0.121 e. The fourth-order valence-electron chi connectivity index (χ4n) is 1.68. The minimum absolute atomic E-state index is 0.480. The van der Waals surface area contributed by atoms with E-state index in [1.807, 2.05) is 25.8 Å². The number of aryl methyl sites for hydroxylation is 3. The molecule has 0 N–H and O–H groups in total. The fraction of sp³-hybridized carbons (Fsp3) is 0.500. The van der Waals surface area contributed by atoms with Crippen LogP contribution >= 0.6 is 0 Å². The predicted molar refractivity (Wildman–Crippen MR) is 68.7 cm³/mol. The quantitative estimate of drug-likeness (QED) is 0.758. The van der Waals surface area contributed by atoms with Crippen LogP contribution in [0.5, 0.6) is 0 Å². The van der Waals surface area contributed by atoms with Crippen LogP contribution in [0.15, 0.2) is 12.1 Å². The van der Waals surface area contributed by atoms with Gasteiger partial charge in [-0.05, 0) is 57.4 Å². The molecule has 0 aliphatic carbocycles. The van der Waals surface area contributed by atoms with Crippen LogP contribution in [0.25, 0.3) is 0 Å². The van der Waals surface area contributed by atoms with Gasteiger partial charge in [-0.3, -0.25) is 0 Å². The van der Waals surface area contributed by atoms with E-state index in [9.17, 15) is 0 Å². The second-order valence-electron chi connectivity index (χ2n) is 4.95. The molecule has 0 atom stereocenters. The summed E-state index contributed by atoms with van der Waals surface area (Å²) in [5.74, 6) is 0. The van der Waals surface area contributed by atoms with E-state index in [0.29, 0.717) is 0 Å². The number of rotatable bonds is 2. The minimum Gasteiger partial charge on any atom is -0.357 e. The average molecular weight is 216 g/mol. The first-order chi connectivity index (χ1) is 7.29. The zero-order valence-electron chi connectivity index (χ0n) is 11.0. The van der Waals surface area contributed by atoms with Crippen molar-refractivity contribution in [3.63, 3.8) is 0 Å². The topological polar surface area (TPSA) is 27.0 Å². The van der Waals surface area contributed by atoms with Crippen LogP contribution < -0.4 is 4.90 Å². The third kappa shape index (κ3) is 2.19. The van der Waals surface area contributed by atoms with Crippen LogP contribution in [0.2, 0.25) is 0 Å². The van der Waals surface area contributed by atoms with Crippen molar-refractivity contribution in [2.24, 2.45) is 0 Å². The second kappa shape index (κ2) is 4.17. The largest absolute Gasteiger partial charge is 0.357 e. The molecule has 0 aromatic heterocycles. The first kappa shape index (κ1) is 12.6. The van der Waals surface area contributed by atoms with Crippen LogP contribution in [0.1, 0.15) is 30.5 Å². The van der Waals surface area contributed by atoms with E-state index in [2.05, 4.69) is 39.0 Å². The highest BCUT2D eigenvalue weighted by Gasteiger charge is 2.24. The second-order valence-corrected chi connectivity index (χ2v) is 4.95. The summed E-state index contributed by atoms with van der Waals surface area (Å²) < 4.78 is 0. The standard InChI is InChI=1S/C14H20N2/c1-10-7-12(3)13(8-11(10)2)16(6)14(4,5)9-15/h7-8H,1-6H3. The molecular weight excluding hydrogens is 196 g/mol. The third-order valence-corrected chi connectivity index (χ3v) is 3.29. The lowest BCUT2D eigenvalue weighted by atomic mass is 10.00. The summed E-state index contributed by atoms with van der Waals surface area (Å²) in [7, 11) is 1.97. The van der Waals surface area contributed by atoms with E-state index < -0.39 is 5.54 Å². The van der Waals surface area contributed by atoms with E-state index in [-0.39, 0.29) is 0 Å². The maximum Gasteiger partial charge on any atom is 0.121 e. The Labute approximate surface area is 98.5 Å². The lowest BCUT2D eigenvalue weighted by molar-refractivity contribution is 0.615. The minimum atomic E-state index is -0.480. The SMILES string of the molecule is Cc1cc(C)c(N(C)C(C)(C)C#N)cc1C. The van der Waals surface area contributed by atoms with Crippen molar-refractivity contribution < 1.29 is 0 Å². The molecule has 0 fully saturated rings. The third-order valence-electron chi connectivity index (χ3n) is 3.29. The van der Waals surface area contributed by atoms with Crippen molar-refractivity contribution in [2.75, 3.05) is 11.9 Å². The van der Waals surface area contributed by atoms with Crippen LogP contribution in [-0.2, 0) is 0 Å². The van der Waals surface area contributed by atoms with E-state index >= 15 is 0 Å². The van der Waals surface area contributed by atoms with E-state index in [1.165, 1.54) is 16.7 Å². The summed E-state index contributed by atoms with van der Waals surface area (Å²) in [5, 5.41) is 9.15. The zero-order valence-corrected chi connectivity index (χ0v) is 11.0. The first-order valence-electron chi connectivity index (χ1n) is 5.52. The highest BCUT2D eigenvalue weighted by Crippen LogP contribution is 2.27. The van der Waals surface area contributed by atoms with Gasteiger partial charge in [0.05, 0.1) is 6.07 Å². The number of hydrogen-bond acceptors (Lipinski definition) is 2. The van der Waals surface area contributed by atoms with Gasteiger partial charge in [-0.2, -0.15) is 5.26 Å². The Morgan fingerprint density at radius 1 is 1.06 bits per heavy atom. The molecule has 1 aromatic carbocycles. The molecule has 0 aliphatic rings. The van der Waals surface area contributed by atoms with Gasteiger partial charge < -0.3 is 4.90 Å². The molecular formula is C14H20N2. The van der Waals surface area contributed by atoms with Gasteiger partial charge in [0, 0.05) is 12.7 Å². The highest BCUT2D eigenvalue weighted by molar-refractivity contribution is 5.58. The van der Waals surface area contributed by atoms with Gasteiger partial charge in [0.1, 0.15) is 5.54 Å². The van der Waals surface area contributed by atoms with Crippen LogP contribution in [0.4, 0.5) is 5.69 Å². The van der Waals surface area contributed by atoms with Gasteiger partial charge in [0.15, 0.2) is 0 Å². The van der Waals surface area contributed by atoms with Gasteiger partial charge in [-0.25, -0.2) is 0 Å². The Kier molecular flexibility index (Phi) is 3.28. The normalized spacial score (nSPS) is 11.1. The molecule has 0 spiro atoms. The van der Waals surface area contributed by atoms with Crippen molar-refractivity contribution in [1.29, 1.82) is 5.26 Å². The van der Waals surface area contributed by atoms with Gasteiger partial charge in [0.2, 0.25) is 0 Å². The van der Waals surface area contributed by atoms with Crippen molar-refractivity contribution in [3.05, 3.63) is 28.8 Å². The Bertz CT molecular complexity index is 439. The number of hydrogen-bond donors (Lipinski definition) is 0. The Morgan fingerprint density at radius 3 is 2.06 bits per heavy atom. The molecule has 86 valence electrons. The molecule has 0 radical (unpaired) electrons. The van der Waals surface area contributed by atoms with Crippen molar-refractivity contribution >= 4 is 5.69 Å². The number of nitrogens with zero attached hydrogens (tertiary/aromatic N) is 2. The molecule has 0 unspecified atom stereocenters. The maximum absolute atomic E-state index is 9.15. The predicted octanol–water partition coefficient (Wildman–Crippen LogP) is 3.35. The van der Waals surface area contributed by atoms with Crippen molar-refractivity contribution in [3.8, 4) is 6.07 Å². The molecule has 2 heteroatoms. The molecule has 0 bridgehead atoms.